The molecule has 2 N–H and O–H groups in total. The van der Waals surface area contributed by atoms with E-state index in [0.29, 0.717) is 36.2 Å². The number of anilines is 1. The molecule has 134 valence electrons. The summed E-state index contributed by atoms with van der Waals surface area (Å²) in [5, 5.41) is 9.49. The summed E-state index contributed by atoms with van der Waals surface area (Å²) in [6.07, 6.45) is 1.31. The number of amides is 2. The number of thioether (sulfide) groups is 1. The number of hydrogen-bond donors (Lipinski definition) is 2. The lowest BCUT2D eigenvalue weighted by Gasteiger charge is -2.08. The number of carbonyl (C=O) groups excluding carboxylic acids is 2. The van der Waals surface area contributed by atoms with Crippen molar-refractivity contribution in [3.05, 3.63) is 41.5 Å². The van der Waals surface area contributed by atoms with E-state index < -0.39 is 0 Å². The van der Waals surface area contributed by atoms with Crippen LogP contribution < -0.4 is 10.6 Å². The third kappa shape index (κ3) is 6.96. The van der Waals surface area contributed by atoms with Gasteiger partial charge in [0.05, 0.1) is 11.5 Å². The number of hydrogen-bond acceptors (Lipinski definition) is 6. The van der Waals surface area contributed by atoms with Crippen LogP contribution in [0.4, 0.5) is 5.69 Å². The fraction of sp³-hybridized carbons (Fsp3) is 0.412. The molecule has 2 rings (SSSR count). The average Bonchev–Trinajstić information content (AvgIpc) is 2.99. The molecule has 0 saturated carbocycles. The summed E-state index contributed by atoms with van der Waals surface area (Å²) in [6.45, 7) is 4.11. The third-order valence-electron chi connectivity index (χ3n) is 3.21. The molecule has 1 heterocycles. The number of rotatable bonds is 9. The minimum atomic E-state index is -0.0642. The van der Waals surface area contributed by atoms with Crippen LogP contribution in [0.15, 0.2) is 28.8 Å². The van der Waals surface area contributed by atoms with Gasteiger partial charge in [0, 0.05) is 25.6 Å². The number of nitrogens with one attached hydrogen (secondary N) is 2. The van der Waals surface area contributed by atoms with E-state index >= 15 is 0 Å². The Hall–Kier alpha value is -2.35. The maximum atomic E-state index is 11.9. The van der Waals surface area contributed by atoms with Crippen LogP contribution in [0.5, 0.6) is 0 Å². The monoisotopic (exact) mass is 362 g/mol. The Balaban J connectivity index is 1.72. The van der Waals surface area contributed by atoms with E-state index in [1.165, 1.54) is 11.8 Å². The van der Waals surface area contributed by atoms with Crippen molar-refractivity contribution >= 4 is 29.3 Å². The first-order chi connectivity index (χ1) is 12.1. The summed E-state index contributed by atoms with van der Waals surface area (Å²) < 4.78 is 4.88. The van der Waals surface area contributed by atoms with Gasteiger partial charge in [-0.2, -0.15) is 4.98 Å². The van der Waals surface area contributed by atoms with Crippen molar-refractivity contribution in [3.8, 4) is 0 Å². The van der Waals surface area contributed by atoms with Crippen molar-refractivity contribution in [2.45, 2.75) is 39.0 Å². The van der Waals surface area contributed by atoms with E-state index in [1.54, 1.807) is 6.92 Å². The molecule has 0 spiro atoms. The molecule has 2 amide bonds. The molecule has 0 aliphatic heterocycles. The smallest absolute Gasteiger partial charge is 0.230 e. The highest BCUT2D eigenvalue weighted by Gasteiger charge is 2.06. The van der Waals surface area contributed by atoms with Crippen LogP contribution in [0.25, 0.3) is 0 Å². The highest BCUT2D eigenvalue weighted by atomic mass is 32.2. The predicted octanol–water partition coefficient (Wildman–Crippen LogP) is 2.67. The van der Waals surface area contributed by atoms with Gasteiger partial charge in [-0.3, -0.25) is 9.59 Å². The largest absolute Gasteiger partial charge is 0.351 e. The Morgan fingerprint density at radius 2 is 2.12 bits per heavy atom. The van der Waals surface area contributed by atoms with Gasteiger partial charge >= 0.3 is 0 Å². The topological polar surface area (TPSA) is 97.1 Å². The first-order valence-electron chi connectivity index (χ1n) is 8.09. The minimum Gasteiger partial charge on any atom is -0.351 e. The maximum Gasteiger partial charge on any atom is 0.230 e. The molecule has 25 heavy (non-hydrogen) atoms. The summed E-state index contributed by atoms with van der Waals surface area (Å²) in [4.78, 5) is 27.6. The second-order valence-electron chi connectivity index (χ2n) is 5.50. The average molecular weight is 362 g/mol. The number of carbonyl (C=O) groups is 2. The molecule has 0 atom stereocenters. The molecule has 0 aliphatic carbocycles. The molecule has 1 aromatic heterocycles. The maximum absolute atomic E-state index is 11.9. The van der Waals surface area contributed by atoms with Gasteiger partial charge in [0.2, 0.25) is 17.7 Å². The lowest BCUT2D eigenvalue weighted by molar-refractivity contribution is -0.119. The quantitative estimate of drug-likeness (QED) is 0.712. The molecule has 8 heteroatoms. The highest BCUT2D eigenvalue weighted by molar-refractivity contribution is 7.99. The fourth-order valence-corrected chi connectivity index (χ4v) is 2.79. The molecule has 7 nitrogen and oxygen atoms in total. The van der Waals surface area contributed by atoms with E-state index in [4.69, 9.17) is 4.52 Å². The summed E-state index contributed by atoms with van der Waals surface area (Å²) in [7, 11) is 0. The Kier molecular flexibility index (Phi) is 7.46. The lowest BCUT2D eigenvalue weighted by Crippen LogP contribution is -2.24. The molecular weight excluding hydrogens is 340 g/mol. The molecule has 2 aromatic rings. The Morgan fingerprint density at radius 3 is 2.84 bits per heavy atom. The summed E-state index contributed by atoms with van der Waals surface area (Å²) in [5.41, 5.74) is 1.67. The SMILES string of the molecule is CCCC(=O)Nc1cccc(CNC(=O)CSCc2noc(C)n2)c1. The van der Waals surface area contributed by atoms with Crippen molar-refractivity contribution < 1.29 is 14.1 Å². The normalized spacial score (nSPS) is 10.5. The Bertz CT molecular complexity index is 717. The molecule has 0 fully saturated rings. The van der Waals surface area contributed by atoms with Gasteiger partial charge in [0.15, 0.2) is 5.82 Å². The predicted molar refractivity (Wildman–Crippen MR) is 97.0 cm³/mol. The van der Waals surface area contributed by atoms with E-state index in [2.05, 4.69) is 20.8 Å². The first kappa shape index (κ1) is 19.0. The Morgan fingerprint density at radius 1 is 1.28 bits per heavy atom. The highest BCUT2D eigenvalue weighted by Crippen LogP contribution is 2.12. The number of nitrogens with zero attached hydrogens (tertiary/aromatic N) is 2. The summed E-state index contributed by atoms with van der Waals surface area (Å²) >= 11 is 1.43. The van der Waals surface area contributed by atoms with Crippen molar-refractivity contribution in [3.63, 3.8) is 0 Å². The van der Waals surface area contributed by atoms with Gasteiger partial charge in [-0.1, -0.05) is 24.2 Å². The van der Waals surface area contributed by atoms with Crippen LogP contribution in [0, 0.1) is 6.92 Å². The Labute approximate surface area is 151 Å². The van der Waals surface area contributed by atoms with Crippen molar-refractivity contribution in [1.29, 1.82) is 0 Å². The lowest BCUT2D eigenvalue weighted by atomic mass is 10.2. The number of aryl methyl sites for hydroxylation is 1. The van der Waals surface area contributed by atoms with Crippen LogP contribution in [0.3, 0.4) is 0 Å². The zero-order valence-electron chi connectivity index (χ0n) is 14.4. The number of benzene rings is 1. The standard InChI is InChI=1S/C17H22N4O3S/c1-3-5-16(22)20-14-7-4-6-13(8-14)9-18-17(23)11-25-10-15-19-12(2)24-21-15/h4,6-8H,3,5,9-11H2,1-2H3,(H,18,23)(H,20,22). The second-order valence-corrected chi connectivity index (χ2v) is 6.48. The van der Waals surface area contributed by atoms with Crippen LogP contribution in [0.2, 0.25) is 0 Å². The van der Waals surface area contributed by atoms with Crippen LogP contribution in [0.1, 0.15) is 37.0 Å². The molecule has 1 aromatic carbocycles. The summed E-state index contributed by atoms with van der Waals surface area (Å²) in [5.74, 6) is 1.89. The third-order valence-corrected chi connectivity index (χ3v) is 4.14. The van der Waals surface area contributed by atoms with E-state index in [9.17, 15) is 9.59 Å². The van der Waals surface area contributed by atoms with Gasteiger partial charge in [-0.15, -0.1) is 11.8 Å². The zero-order valence-corrected chi connectivity index (χ0v) is 15.2. The van der Waals surface area contributed by atoms with E-state index in [1.807, 2.05) is 31.2 Å². The zero-order chi connectivity index (χ0) is 18.1. The molecule has 0 unspecified atom stereocenters. The second kappa shape index (κ2) is 9.83. The van der Waals surface area contributed by atoms with Gasteiger partial charge < -0.3 is 15.2 Å². The van der Waals surface area contributed by atoms with Crippen LogP contribution >= 0.6 is 11.8 Å². The molecule has 0 bridgehead atoms. The molecule has 0 aliphatic rings. The summed E-state index contributed by atoms with van der Waals surface area (Å²) in [6, 6.07) is 7.46. The van der Waals surface area contributed by atoms with Crippen molar-refractivity contribution in [2.75, 3.05) is 11.1 Å². The van der Waals surface area contributed by atoms with Gasteiger partial charge in [-0.25, -0.2) is 0 Å². The molecule has 0 saturated heterocycles. The minimum absolute atomic E-state index is 0.00297. The number of aromatic nitrogens is 2. The van der Waals surface area contributed by atoms with Crippen LogP contribution in [-0.2, 0) is 21.9 Å². The molecular formula is C17H22N4O3S. The van der Waals surface area contributed by atoms with Crippen LogP contribution in [-0.4, -0.2) is 27.7 Å². The van der Waals surface area contributed by atoms with E-state index in [-0.39, 0.29) is 11.8 Å². The van der Waals surface area contributed by atoms with Crippen molar-refractivity contribution in [1.82, 2.24) is 15.5 Å². The van der Waals surface area contributed by atoms with Gasteiger partial charge in [0.25, 0.3) is 0 Å². The van der Waals surface area contributed by atoms with E-state index in [0.717, 1.165) is 17.7 Å². The first-order valence-corrected chi connectivity index (χ1v) is 9.24. The fourth-order valence-electron chi connectivity index (χ4n) is 2.10. The van der Waals surface area contributed by atoms with Crippen molar-refractivity contribution in [2.24, 2.45) is 0 Å². The van der Waals surface area contributed by atoms with Gasteiger partial charge in [0.1, 0.15) is 0 Å². The van der Waals surface area contributed by atoms with Gasteiger partial charge in [-0.05, 0) is 24.1 Å². The molecule has 0 radical (unpaired) electrons.